The minimum atomic E-state index is -0.202. The first kappa shape index (κ1) is 18.6. The smallest absolute Gasteiger partial charge is 0.257 e. The molecule has 0 radical (unpaired) electrons. The summed E-state index contributed by atoms with van der Waals surface area (Å²) in [7, 11) is 0. The highest BCUT2D eigenvalue weighted by atomic mass is 79.9. The van der Waals surface area contributed by atoms with E-state index in [4.69, 9.17) is 0 Å². The van der Waals surface area contributed by atoms with Crippen molar-refractivity contribution in [1.29, 1.82) is 0 Å². The number of hydrogen-bond donors (Lipinski definition) is 1. The summed E-state index contributed by atoms with van der Waals surface area (Å²) in [5.41, 5.74) is 2.99. The summed E-state index contributed by atoms with van der Waals surface area (Å²) >= 11 is 3.32. The van der Waals surface area contributed by atoms with Crippen LogP contribution in [0, 0.1) is 0 Å². The lowest BCUT2D eigenvalue weighted by molar-refractivity contribution is 0.102. The van der Waals surface area contributed by atoms with Crippen molar-refractivity contribution in [3.63, 3.8) is 0 Å². The van der Waals surface area contributed by atoms with Crippen LogP contribution in [0.15, 0.2) is 59.3 Å². The van der Waals surface area contributed by atoms with Gasteiger partial charge in [-0.15, -0.1) is 10.2 Å². The molecule has 3 heterocycles. The lowest BCUT2D eigenvalue weighted by Gasteiger charge is -2.27. The van der Waals surface area contributed by atoms with Crippen molar-refractivity contribution >= 4 is 33.3 Å². The minimum absolute atomic E-state index is 0.202. The molecule has 7 heteroatoms. The third-order valence-electron chi connectivity index (χ3n) is 4.74. The van der Waals surface area contributed by atoms with E-state index < -0.39 is 0 Å². The van der Waals surface area contributed by atoms with E-state index in [1.165, 1.54) is 25.5 Å². The van der Waals surface area contributed by atoms with Gasteiger partial charge in [-0.3, -0.25) is 9.78 Å². The van der Waals surface area contributed by atoms with Gasteiger partial charge in [-0.05, 0) is 65.5 Å². The third-order valence-corrected chi connectivity index (χ3v) is 5.17. The second-order valence-corrected chi connectivity index (χ2v) is 7.66. The Bertz CT molecular complexity index is 953. The van der Waals surface area contributed by atoms with Crippen molar-refractivity contribution in [3.05, 3.63) is 64.9 Å². The highest BCUT2D eigenvalue weighted by molar-refractivity contribution is 9.10. The molecule has 1 aliphatic rings. The van der Waals surface area contributed by atoms with E-state index in [-0.39, 0.29) is 5.91 Å². The Balaban J connectivity index is 1.43. The molecule has 3 aromatic rings. The molecule has 1 N–H and O–H groups in total. The molecule has 0 atom stereocenters. The van der Waals surface area contributed by atoms with Gasteiger partial charge in [-0.1, -0.05) is 12.1 Å². The van der Waals surface area contributed by atoms with Crippen LogP contribution in [0.2, 0.25) is 0 Å². The lowest BCUT2D eigenvalue weighted by atomic mass is 10.1. The molecule has 1 aliphatic heterocycles. The number of hydrogen-bond acceptors (Lipinski definition) is 5. The highest BCUT2D eigenvalue weighted by Gasteiger charge is 2.13. The van der Waals surface area contributed by atoms with Gasteiger partial charge in [0.1, 0.15) is 0 Å². The lowest BCUT2D eigenvalue weighted by Crippen LogP contribution is -2.30. The van der Waals surface area contributed by atoms with Gasteiger partial charge < -0.3 is 10.2 Å². The predicted molar refractivity (Wildman–Crippen MR) is 113 cm³/mol. The number of benzene rings is 1. The number of piperidine rings is 1. The maximum absolute atomic E-state index is 12.3. The molecule has 1 amide bonds. The fourth-order valence-electron chi connectivity index (χ4n) is 3.23. The molecule has 1 aromatic carbocycles. The molecule has 1 fully saturated rings. The fraction of sp³-hybridized carbons (Fsp3) is 0.238. The first-order valence-electron chi connectivity index (χ1n) is 9.30. The van der Waals surface area contributed by atoms with Crippen molar-refractivity contribution in [3.8, 4) is 11.3 Å². The number of halogens is 1. The van der Waals surface area contributed by atoms with Crippen LogP contribution in [-0.4, -0.2) is 34.2 Å². The number of carbonyl (C=O) groups is 1. The van der Waals surface area contributed by atoms with E-state index in [2.05, 4.69) is 41.3 Å². The Labute approximate surface area is 172 Å². The zero-order chi connectivity index (χ0) is 19.3. The summed E-state index contributed by atoms with van der Waals surface area (Å²) in [5.74, 6) is 0.738. The van der Waals surface area contributed by atoms with Gasteiger partial charge in [-0.2, -0.15) is 0 Å². The summed E-state index contributed by atoms with van der Waals surface area (Å²) < 4.78 is 0.766. The van der Waals surface area contributed by atoms with E-state index in [0.29, 0.717) is 11.3 Å². The molecule has 6 nitrogen and oxygen atoms in total. The van der Waals surface area contributed by atoms with E-state index >= 15 is 0 Å². The second-order valence-electron chi connectivity index (χ2n) is 6.75. The van der Waals surface area contributed by atoms with Gasteiger partial charge in [0.25, 0.3) is 5.91 Å². The van der Waals surface area contributed by atoms with Gasteiger partial charge in [0, 0.05) is 41.2 Å². The molecule has 1 saturated heterocycles. The van der Waals surface area contributed by atoms with E-state index in [1.807, 2.05) is 36.4 Å². The molecule has 4 rings (SSSR count). The largest absolute Gasteiger partial charge is 0.355 e. The zero-order valence-electron chi connectivity index (χ0n) is 15.3. The molecule has 0 unspecified atom stereocenters. The van der Waals surface area contributed by atoms with Crippen molar-refractivity contribution in [2.24, 2.45) is 0 Å². The number of anilines is 2. The number of amides is 1. The molecule has 2 aromatic heterocycles. The van der Waals surface area contributed by atoms with Crippen molar-refractivity contribution in [2.45, 2.75) is 19.3 Å². The normalized spacial score (nSPS) is 14.0. The first-order valence-corrected chi connectivity index (χ1v) is 10.1. The average molecular weight is 438 g/mol. The predicted octanol–water partition coefficient (Wildman–Crippen LogP) is 4.54. The molecule has 0 bridgehead atoms. The third kappa shape index (κ3) is 4.36. The summed E-state index contributed by atoms with van der Waals surface area (Å²) in [4.78, 5) is 18.6. The standard InChI is InChI=1S/C21H20BrN5O/c22-17-12-16(13-23-14-17)21(28)24-18-6-4-15(5-7-18)19-8-9-20(26-25-19)27-10-2-1-3-11-27/h4-9,12-14H,1-3,10-11H2,(H,24,28). The number of nitrogens with one attached hydrogen (secondary N) is 1. The van der Waals surface area contributed by atoms with Crippen LogP contribution in [0.1, 0.15) is 29.6 Å². The Kier molecular flexibility index (Phi) is 5.62. The van der Waals surface area contributed by atoms with E-state index in [1.54, 1.807) is 12.3 Å². The molecule has 0 aliphatic carbocycles. The Morgan fingerprint density at radius 1 is 0.964 bits per heavy atom. The fourth-order valence-corrected chi connectivity index (χ4v) is 3.60. The van der Waals surface area contributed by atoms with Crippen LogP contribution < -0.4 is 10.2 Å². The summed E-state index contributed by atoms with van der Waals surface area (Å²) in [6.07, 6.45) is 6.90. The average Bonchev–Trinajstić information content (AvgIpc) is 2.75. The van der Waals surface area contributed by atoms with Crippen LogP contribution in [0.5, 0.6) is 0 Å². The zero-order valence-corrected chi connectivity index (χ0v) is 16.9. The number of nitrogens with zero attached hydrogens (tertiary/aromatic N) is 4. The van der Waals surface area contributed by atoms with Gasteiger partial charge in [0.05, 0.1) is 11.3 Å². The number of carbonyl (C=O) groups excluding carboxylic acids is 1. The quantitative estimate of drug-likeness (QED) is 0.648. The SMILES string of the molecule is O=C(Nc1ccc(-c2ccc(N3CCCCC3)nn2)cc1)c1cncc(Br)c1. The maximum atomic E-state index is 12.3. The van der Waals surface area contributed by atoms with E-state index in [9.17, 15) is 4.79 Å². The highest BCUT2D eigenvalue weighted by Crippen LogP contribution is 2.22. The minimum Gasteiger partial charge on any atom is -0.355 e. The van der Waals surface area contributed by atoms with Crippen LogP contribution in [0.25, 0.3) is 11.3 Å². The molecule has 0 spiro atoms. The van der Waals surface area contributed by atoms with Crippen molar-refractivity contribution in [1.82, 2.24) is 15.2 Å². The Morgan fingerprint density at radius 2 is 1.75 bits per heavy atom. The van der Waals surface area contributed by atoms with Crippen LogP contribution in [0.4, 0.5) is 11.5 Å². The van der Waals surface area contributed by atoms with Gasteiger partial charge >= 0.3 is 0 Å². The van der Waals surface area contributed by atoms with Crippen LogP contribution in [0.3, 0.4) is 0 Å². The van der Waals surface area contributed by atoms with Crippen molar-refractivity contribution in [2.75, 3.05) is 23.3 Å². The molecule has 142 valence electrons. The Hall–Kier alpha value is -2.80. The number of pyridine rings is 1. The second kappa shape index (κ2) is 8.48. The van der Waals surface area contributed by atoms with Crippen LogP contribution in [-0.2, 0) is 0 Å². The number of aromatic nitrogens is 3. The summed E-state index contributed by atoms with van der Waals surface area (Å²) in [6, 6.07) is 13.3. The van der Waals surface area contributed by atoms with Gasteiger partial charge in [-0.25, -0.2) is 0 Å². The monoisotopic (exact) mass is 437 g/mol. The molecular weight excluding hydrogens is 418 g/mol. The van der Waals surface area contributed by atoms with Crippen molar-refractivity contribution < 1.29 is 4.79 Å². The van der Waals surface area contributed by atoms with Crippen LogP contribution >= 0.6 is 15.9 Å². The molecular formula is C21H20BrN5O. The van der Waals surface area contributed by atoms with Gasteiger partial charge in [0.2, 0.25) is 0 Å². The molecule has 0 saturated carbocycles. The summed E-state index contributed by atoms with van der Waals surface area (Å²) in [6.45, 7) is 2.10. The Morgan fingerprint density at radius 3 is 2.43 bits per heavy atom. The topological polar surface area (TPSA) is 71.0 Å². The van der Waals surface area contributed by atoms with E-state index in [0.717, 1.165) is 34.6 Å². The first-order chi connectivity index (χ1) is 13.7. The van der Waals surface area contributed by atoms with Gasteiger partial charge in [0.15, 0.2) is 5.82 Å². The number of rotatable bonds is 4. The molecule has 28 heavy (non-hydrogen) atoms. The summed E-state index contributed by atoms with van der Waals surface area (Å²) in [5, 5.41) is 11.6. The maximum Gasteiger partial charge on any atom is 0.257 e.